The number of ether oxygens (including phenoxy) is 2. The highest BCUT2D eigenvalue weighted by molar-refractivity contribution is 6.18. The van der Waals surface area contributed by atoms with E-state index < -0.39 is 11.6 Å². The maximum Gasteiger partial charge on any atom is 0.319 e. The first-order chi connectivity index (χ1) is 25.7. The normalized spacial score (nSPS) is 19.5. The number of hydrogen-bond acceptors (Lipinski definition) is 9. The highest BCUT2D eigenvalue weighted by atomic mass is 19.1. The van der Waals surface area contributed by atoms with Crippen LogP contribution >= 0.6 is 0 Å². The molecule has 0 radical (unpaired) electrons. The number of phenolic OH excluding ortho intramolecular Hbond substituents is 1. The van der Waals surface area contributed by atoms with Gasteiger partial charge in [0.1, 0.15) is 28.4 Å². The molecule has 0 amide bonds. The van der Waals surface area contributed by atoms with E-state index in [2.05, 4.69) is 34.5 Å². The molecule has 1 saturated carbocycles. The van der Waals surface area contributed by atoms with Crippen LogP contribution in [0.15, 0.2) is 30.5 Å². The van der Waals surface area contributed by atoms with Crippen molar-refractivity contribution in [2.75, 3.05) is 64.5 Å². The molecule has 2 aliphatic heterocycles. The highest BCUT2D eigenvalue weighted by Crippen LogP contribution is 2.48. The van der Waals surface area contributed by atoms with Crippen molar-refractivity contribution in [2.24, 2.45) is 12.5 Å². The molecule has 2 unspecified atom stereocenters. The zero-order chi connectivity index (χ0) is 37.0. The van der Waals surface area contributed by atoms with E-state index in [1.807, 2.05) is 6.20 Å². The van der Waals surface area contributed by atoms with Crippen molar-refractivity contribution in [3.8, 4) is 35.2 Å². The lowest BCUT2D eigenvalue weighted by Crippen LogP contribution is -2.54. The Balaban J connectivity index is 1.33. The van der Waals surface area contributed by atoms with Crippen LogP contribution in [0.5, 0.6) is 11.8 Å². The number of hydrogen-bond donors (Lipinski definition) is 1. The Morgan fingerprint density at radius 2 is 1.81 bits per heavy atom. The number of fused-ring (bicyclic) bond motifs is 6. The Morgan fingerprint density at radius 1 is 1.06 bits per heavy atom. The molecule has 53 heavy (non-hydrogen) atoms. The van der Waals surface area contributed by atoms with Gasteiger partial charge in [-0.25, -0.2) is 8.78 Å². The minimum atomic E-state index is -0.659. The Labute approximate surface area is 308 Å². The van der Waals surface area contributed by atoms with Gasteiger partial charge >= 0.3 is 6.01 Å². The minimum absolute atomic E-state index is 0.00451. The lowest BCUT2D eigenvalue weighted by atomic mass is 9.91. The van der Waals surface area contributed by atoms with Crippen molar-refractivity contribution in [3.63, 3.8) is 0 Å². The van der Waals surface area contributed by atoms with Crippen molar-refractivity contribution in [1.82, 2.24) is 29.5 Å². The summed E-state index contributed by atoms with van der Waals surface area (Å²) < 4.78 is 46.4. The molecule has 3 aliphatic rings. The number of likely N-dealkylation sites (tertiary alicyclic amines) is 1. The van der Waals surface area contributed by atoms with E-state index in [1.165, 1.54) is 24.3 Å². The second kappa shape index (κ2) is 14.0. The average Bonchev–Trinajstić information content (AvgIpc) is 3.73. The van der Waals surface area contributed by atoms with E-state index in [1.54, 1.807) is 18.8 Å². The number of aryl methyl sites for hydroxylation is 1. The Morgan fingerprint density at radius 3 is 2.49 bits per heavy atom. The number of halogens is 2. The van der Waals surface area contributed by atoms with Gasteiger partial charge < -0.3 is 24.4 Å². The molecule has 12 heteroatoms. The number of piperazine rings is 1. The van der Waals surface area contributed by atoms with Crippen molar-refractivity contribution in [2.45, 2.75) is 58.0 Å². The molecule has 2 bridgehead atoms. The number of benzene rings is 3. The zero-order valence-electron chi connectivity index (χ0n) is 31.0. The van der Waals surface area contributed by atoms with Gasteiger partial charge in [0.05, 0.1) is 17.6 Å². The van der Waals surface area contributed by atoms with Crippen molar-refractivity contribution in [1.29, 1.82) is 0 Å². The van der Waals surface area contributed by atoms with E-state index in [-0.39, 0.29) is 51.5 Å². The molecule has 4 heterocycles. The molecular formula is C41H47F2N7O3. The predicted octanol–water partition coefficient (Wildman–Crippen LogP) is 6.49. The van der Waals surface area contributed by atoms with Crippen molar-refractivity contribution in [3.05, 3.63) is 47.7 Å². The third kappa shape index (κ3) is 6.32. The number of rotatable bonds is 13. The van der Waals surface area contributed by atoms with Gasteiger partial charge in [0, 0.05) is 87.0 Å². The molecule has 2 aromatic heterocycles. The smallest absolute Gasteiger partial charge is 0.319 e. The van der Waals surface area contributed by atoms with Crippen LogP contribution in [0.4, 0.5) is 14.6 Å². The van der Waals surface area contributed by atoms with Gasteiger partial charge in [0.15, 0.2) is 5.82 Å². The van der Waals surface area contributed by atoms with Gasteiger partial charge in [0.25, 0.3) is 0 Å². The molecule has 278 valence electrons. The van der Waals surface area contributed by atoms with E-state index >= 15 is 8.78 Å². The summed E-state index contributed by atoms with van der Waals surface area (Å²) in [5, 5.41) is 17.7. The molecule has 3 fully saturated rings. The van der Waals surface area contributed by atoms with Crippen LogP contribution in [0.2, 0.25) is 0 Å². The molecule has 1 aliphatic carbocycles. The SMILES string of the molecule is C#Cc1c(F)ccc2cc(O)cc(-c3c(F)c4nc(OCC5(CN(CC)CC)CC5)nc(N5C6CCC5CN(CCCOC)C6)c4c4cn(C)nc34)c12. The van der Waals surface area contributed by atoms with Crippen LogP contribution < -0.4 is 9.64 Å². The monoisotopic (exact) mass is 723 g/mol. The van der Waals surface area contributed by atoms with Crippen LogP contribution in [-0.4, -0.2) is 106 Å². The number of nitrogens with zero attached hydrogens (tertiary/aromatic N) is 7. The summed E-state index contributed by atoms with van der Waals surface area (Å²) in [4.78, 5) is 17.3. The number of aromatic hydroxyl groups is 1. The van der Waals surface area contributed by atoms with Crippen molar-refractivity contribution >= 4 is 38.4 Å². The zero-order valence-corrected chi connectivity index (χ0v) is 31.0. The lowest BCUT2D eigenvalue weighted by molar-refractivity contribution is 0.158. The summed E-state index contributed by atoms with van der Waals surface area (Å²) in [7, 11) is 3.52. The molecule has 2 saturated heterocycles. The summed E-state index contributed by atoms with van der Waals surface area (Å²) in [6.45, 7) is 11.0. The van der Waals surface area contributed by atoms with Crippen molar-refractivity contribution < 1.29 is 23.4 Å². The first-order valence-electron chi connectivity index (χ1n) is 18.8. The summed E-state index contributed by atoms with van der Waals surface area (Å²) >= 11 is 0. The molecular weight excluding hydrogens is 676 g/mol. The van der Waals surface area contributed by atoms with E-state index in [0.29, 0.717) is 46.1 Å². The summed E-state index contributed by atoms with van der Waals surface area (Å²) in [6.07, 6.45) is 12.7. The maximum absolute atomic E-state index is 17.7. The van der Waals surface area contributed by atoms with Crippen LogP contribution in [0, 0.1) is 29.4 Å². The Kier molecular flexibility index (Phi) is 9.37. The van der Waals surface area contributed by atoms with Gasteiger partial charge in [-0.2, -0.15) is 15.1 Å². The largest absolute Gasteiger partial charge is 0.508 e. The van der Waals surface area contributed by atoms with Gasteiger partial charge in [-0.3, -0.25) is 9.58 Å². The lowest BCUT2D eigenvalue weighted by Gasteiger charge is -2.42. The first kappa shape index (κ1) is 35.5. The topological polar surface area (TPSA) is 92.0 Å². The summed E-state index contributed by atoms with van der Waals surface area (Å²) in [5.74, 6) is 1.72. The second-order valence-electron chi connectivity index (χ2n) is 15.1. The fraction of sp³-hybridized carbons (Fsp3) is 0.488. The fourth-order valence-corrected chi connectivity index (χ4v) is 8.79. The number of phenols is 1. The Bertz CT molecular complexity index is 2230. The van der Waals surface area contributed by atoms with E-state index in [4.69, 9.17) is 31.0 Å². The maximum atomic E-state index is 17.7. The molecule has 0 spiro atoms. The molecule has 2 atom stereocenters. The predicted molar refractivity (Wildman–Crippen MR) is 203 cm³/mol. The van der Waals surface area contributed by atoms with Gasteiger partial charge in [0.2, 0.25) is 0 Å². The van der Waals surface area contributed by atoms with Gasteiger partial charge in [-0.1, -0.05) is 25.8 Å². The number of aromatic nitrogens is 4. The van der Waals surface area contributed by atoms with Gasteiger partial charge in [-0.15, -0.1) is 6.42 Å². The molecule has 1 N–H and O–H groups in total. The van der Waals surface area contributed by atoms with Crippen LogP contribution in [0.25, 0.3) is 43.7 Å². The second-order valence-corrected chi connectivity index (χ2v) is 15.1. The summed E-state index contributed by atoms with van der Waals surface area (Å²) in [5.41, 5.74) is 0.737. The van der Waals surface area contributed by atoms with Crippen LogP contribution in [0.1, 0.15) is 51.5 Å². The van der Waals surface area contributed by atoms with Crippen LogP contribution in [-0.2, 0) is 11.8 Å². The molecule has 10 nitrogen and oxygen atoms in total. The molecule has 8 rings (SSSR count). The van der Waals surface area contributed by atoms with E-state index in [0.717, 1.165) is 71.4 Å². The first-order valence-corrected chi connectivity index (χ1v) is 18.8. The quantitative estimate of drug-likeness (QED) is 0.108. The third-order valence-electron chi connectivity index (χ3n) is 11.6. The van der Waals surface area contributed by atoms with Crippen LogP contribution in [0.3, 0.4) is 0 Å². The fourth-order valence-electron chi connectivity index (χ4n) is 8.79. The van der Waals surface area contributed by atoms with Gasteiger partial charge in [-0.05, 0) is 74.3 Å². The highest BCUT2D eigenvalue weighted by Gasteiger charge is 2.45. The third-order valence-corrected chi connectivity index (χ3v) is 11.6. The number of methoxy groups -OCH3 is 1. The Hall–Kier alpha value is -4.57. The number of terminal acetylenes is 1. The molecule has 5 aromatic rings. The standard InChI is InChI=1S/C41H47F2N7O3/c1-6-29-32(42)13-10-25-18-28(51)19-30(33(25)29)34-36(43)38-35(31-22-47(4)46-37(31)34)39(50-26-11-12-27(50)21-49(20-26)16-9-17-52-5)45-40(44-38)53-24-41(14-15-41)23-48(7-2)8-3/h1,10,13,18-19,22,26-27,51H,7-9,11-12,14-17,20-21,23-24H2,2-5H3. The number of anilines is 1. The summed E-state index contributed by atoms with van der Waals surface area (Å²) in [6, 6.07) is 6.19. The molecule has 3 aromatic carbocycles. The van der Waals surface area contributed by atoms with E-state index in [9.17, 15) is 5.11 Å². The average molecular weight is 724 g/mol. The minimum Gasteiger partial charge on any atom is -0.508 e.